The largest absolute Gasteiger partial charge is 0.384 e. The van der Waals surface area contributed by atoms with Crippen molar-refractivity contribution in [2.45, 2.75) is 12.8 Å². The number of nitrogen functional groups attached to an aromatic ring is 1. The molecule has 0 aromatic carbocycles. The number of amides is 1. The maximum Gasteiger partial charge on any atom is 0.224 e. The van der Waals surface area contributed by atoms with Gasteiger partial charge in [-0.2, -0.15) is 0 Å². The molecule has 0 aliphatic carbocycles. The number of hydrogen-bond acceptors (Lipinski definition) is 4. The van der Waals surface area contributed by atoms with E-state index in [0.29, 0.717) is 17.9 Å². The zero-order valence-corrected chi connectivity index (χ0v) is 11.9. The zero-order chi connectivity index (χ0) is 13.0. The first kappa shape index (κ1) is 13.0. The van der Waals surface area contributed by atoms with E-state index in [0.717, 1.165) is 10.2 Å². The van der Waals surface area contributed by atoms with Crippen LogP contribution in [-0.4, -0.2) is 10.9 Å². The van der Waals surface area contributed by atoms with Crippen molar-refractivity contribution in [3.05, 3.63) is 39.1 Å². The molecule has 0 unspecified atom stereocenters. The molecule has 0 bridgehead atoms. The molecule has 18 heavy (non-hydrogen) atoms. The molecule has 3 N–H and O–H groups in total. The number of carbonyl (C=O) groups is 1. The van der Waals surface area contributed by atoms with Crippen molar-refractivity contribution in [1.29, 1.82) is 0 Å². The number of anilines is 2. The smallest absolute Gasteiger partial charge is 0.224 e. The number of aryl methyl sites for hydroxylation is 1. The molecule has 2 heterocycles. The van der Waals surface area contributed by atoms with Crippen molar-refractivity contribution in [3.63, 3.8) is 0 Å². The van der Waals surface area contributed by atoms with Gasteiger partial charge in [0.2, 0.25) is 5.91 Å². The van der Waals surface area contributed by atoms with Gasteiger partial charge in [-0.15, -0.1) is 11.3 Å². The van der Waals surface area contributed by atoms with Crippen LogP contribution in [0.2, 0.25) is 0 Å². The van der Waals surface area contributed by atoms with Crippen LogP contribution in [0.4, 0.5) is 11.5 Å². The molecule has 2 aromatic heterocycles. The van der Waals surface area contributed by atoms with Crippen molar-refractivity contribution in [2.24, 2.45) is 0 Å². The predicted octanol–water partition coefficient (Wildman–Crippen LogP) is 3.06. The summed E-state index contributed by atoms with van der Waals surface area (Å²) in [5, 5.41) is 2.78. The van der Waals surface area contributed by atoms with Crippen molar-refractivity contribution in [2.75, 3.05) is 11.1 Å². The molecule has 4 nitrogen and oxygen atoms in total. The van der Waals surface area contributed by atoms with E-state index in [-0.39, 0.29) is 5.91 Å². The van der Waals surface area contributed by atoms with Crippen LogP contribution in [0.1, 0.15) is 11.3 Å². The first-order valence-corrected chi connectivity index (χ1v) is 7.00. The molecule has 0 atom stereocenters. The van der Waals surface area contributed by atoms with Gasteiger partial charge in [-0.3, -0.25) is 4.79 Å². The third kappa shape index (κ3) is 3.82. The number of thiophene rings is 1. The van der Waals surface area contributed by atoms with Gasteiger partial charge in [0.15, 0.2) is 0 Å². The Bertz CT molecular complexity index is 539. The van der Waals surface area contributed by atoms with Crippen molar-refractivity contribution >= 4 is 44.7 Å². The van der Waals surface area contributed by atoms with Gasteiger partial charge in [-0.1, -0.05) is 0 Å². The van der Waals surface area contributed by atoms with E-state index >= 15 is 0 Å². The van der Waals surface area contributed by atoms with E-state index in [1.54, 1.807) is 29.7 Å². The summed E-state index contributed by atoms with van der Waals surface area (Å²) < 4.78 is 1.08. The summed E-state index contributed by atoms with van der Waals surface area (Å²) in [7, 11) is 0. The molecular formula is C12H12BrN3OS. The zero-order valence-electron chi connectivity index (χ0n) is 9.52. The highest BCUT2D eigenvalue weighted by atomic mass is 79.9. The number of nitrogens with zero attached hydrogens (tertiary/aromatic N) is 1. The van der Waals surface area contributed by atoms with E-state index < -0.39 is 0 Å². The molecule has 94 valence electrons. The van der Waals surface area contributed by atoms with Crippen molar-refractivity contribution < 1.29 is 4.79 Å². The molecule has 0 saturated carbocycles. The average molecular weight is 326 g/mol. The summed E-state index contributed by atoms with van der Waals surface area (Å²) >= 11 is 5.04. The Morgan fingerprint density at radius 2 is 2.22 bits per heavy atom. The Balaban J connectivity index is 1.83. The van der Waals surface area contributed by atoms with Crippen LogP contribution < -0.4 is 11.1 Å². The van der Waals surface area contributed by atoms with Crippen LogP contribution >= 0.6 is 27.3 Å². The van der Waals surface area contributed by atoms with Crippen LogP contribution in [-0.2, 0) is 11.2 Å². The third-order valence-corrected chi connectivity index (χ3v) is 3.98. The summed E-state index contributed by atoms with van der Waals surface area (Å²) in [5.41, 5.74) is 6.14. The highest BCUT2D eigenvalue weighted by molar-refractivity contribution is 9.11. The van der Waals surface area contributed by atoms with Crippen LogP contribution in [0, 0.1) is 0 Å². The molecule has 0 radical (unpaired) electrons. The van der Waals surface area contributed by atoms with E-state index in [4.69, 9.17) is 5.73 Å². The highest BCUT2D eigenvalue weighted by Crippen LogP contribution is 2.23. The number of carbonyl (C=O) groups excluding carboxylic acids is 1. The molecule has 2 rings (SSSR count). The molecule has 0 spiro atoms. The summed E-state index contributed by atoms with van der Waals surface area (Å²) in [4.78, 5) is 16.8. The van der Waals surface area contributed by atoms with Gasteiger partial charge < -0.3 is 11.1 Å². The van der Waals surface area contributed by atoms with Crippen molar-refractivity contribution in [1.82, 2.24) is 4.98 Å². The highest BCUT2D eigenvalue weighted by Gasteiger charge is 2.05. The fourth-order valence-electron chi connectivity index (χ4n) is 1.43. The lowest BCUT2D eigenvalue weighted by Crippen LogP contribution is -2.12. The van der Waals surface area contributed by atoms with Gasteiger partial charge in [-0.25, -0.2) is 4.98 Å². The summed E-state index contributed by atoms with van der Waals surface area (Å²) in [6.07, 6.45) is 2.75. The van der Waals surface area contributed by atoms with Crippen molar-refractivity contribution in [3.8, 4) is 0 Å². The average Bonchev–Trinajstić information content (AvgIpc) is 2.76. The first-order valence-electron chi connectivity index (χ1n) is 5.39. The number of aromatic nitrogens is 1. The maximum atomic E-state index is 11.7. The molecular weight excluding hydrogens is 314 g/mol. The summed E-state index contributed by atoms with van der Waals surface area (Å²) in [5.74, 6) is 0.419. The minimum absolute atomic E-state index is 0.0221. The monoisotopic (exact) mass is 325 g/mol. The number of hydrogen-bond donors (Lipinski definition) is 2. The standard InChI is InChI=1S/C12H12BrN3OS/c13-10-4-2-9(18-10)3-6-12(17)16-8-1-5-11(14)15-7-8/h1-2,4-5,7H,3,6H2,(H2,14,15)(H,16,17). The minimum atomic E-state index is -0.0221. The predicted molar refractivity (Wildman–Crippen MR) is 77.6 cm³/mol. The number of nitrogens with two attached hydrogens (primary N) is 1. The third-order valence-electron chi connectivity index (χ3n) is 2.30. The lowest BCUT2D eigenvalue weighted by atomic mass is 10.2. The fourth-order valence-corrected chi connectivity index (χ4v) is 2.91. The molecule has 0 aliphatic rings. The second kappa shape index (κ2) is 5.97. The Kier molecular flexibility index (Phi) is 4.33. The quantitative estimate of drug-likeness (QED) is 0.907. The maximum absolute atomic E-state index is 11.7. The number of pyridine rings is 1. The molecule has 2 aromatic rings. The van der Waals surface area contributed by atoms with E-state index in [1.807, 2.05) is 12.1 Å². The SMILES string of the molecule is Nc1ccc(NC(=O)CCc2ccc(Br)s2)cn1. The van der Waals surface area contributed by atoms with Crippen LogP contribution in [0.15, 0.2) is 34.2 Å². The van der Waals surface area contributed by atoms with Gasteiger partial charge in [-0.05, 0) is 46.6 Å². The lowest BCUT2D eigenvalue weighted by molar-refractivity contribution is -0.116. The molecule has 1 amide bonds. The molecule has 0 fully saturated rings. The molecule has 0 saturated heterocycles. The van der Waals surface area contributed by atoms with Gasteiger partial charge in [0, 0.05) is 11.3 Å². The number of halogens is 1. The van der Waals surface area contributed by atoms with Crippen LogP contribution in [0.25, 0.3) is 0 Å². The van der Waals surface area contributed by atoms with Gasteiger partial charge >= 0.3 is 0 Å². The van der Waals surface area contributed by atoms with E-state index in [9.17, 15) is 4.79 Å². The molecule has 0 aliphatic heterocycles. The van der Waals surface area contributed by atoms with Gasteiger partial charge in [0.05, 0.1) is 15.7 Å². The number of rotatable bonds is 4. The Hall–Kier alpha value is -1.40. The van der Waals surface area contributed by atoms with E-state index in [1.165, 1.54) is 4.88 Å². The summed E-state index contributed by atoms with van der Waals surface area (Å²) in [6.45, 7) is 0. The Morgan fingerprint density at radius 3 is 2.83 bits per heavy atom. The van der Waals surface area contributed by atoms with Crippen LogP contribution in [0.5, 0.6) is 0 Å². The first-order chi connectivity index (χ1) is 8.63. The van der Waals surface area contributed by atoms with Gasteiger partial charge in [0.25, 0.3) is 0 Å². The normalized spacial score (nSPS) is 10.3. The minimum Gasteiger partial charge on any atom is -0.384 e. The van der Waals surface area contributed by atoms with E-state index in [2.05, 4.69) is 26.2 Å². The Morgan fingerprint density at radius 1 is 1.39 bits per heavy atom. The molecule has 6 heteroatoms. The Labute approximate surface area is 117 Å². The van der Waals surface area contributed by atoms with Crippen LogP contribution in [0.3, 0.4) is 0 Å². The topological polar surface area (TPSA) is 68.0 Å². The fraction of sp³-hybridized carbons (Fsp3) is 0.167. The lowest BCUT2D eigenvalue weighted by Gasteiger charge is -2.04. The second-order valence-electron chi connectivity index (χ2n) is 3.73. The van der Waals surface area contributed by atoms with Gasteiger partial charge in [0.1, 0.15) is 5.82 Å². The second-order valence-corrected chi connectivity index (χ2v) is 6.27. The number of nitrogens with one attached hydrogen (secondary N) is 1. The summed E-state index contributed by atoms with van der Waals surface area (Å²) in [6, 6.07) is 7.41.